The van der Waals surface area contributed by atoms with E-state index in [1.54, 1.807) is 17.0 Å². The molecular weight excluding hydrogens is 364 g/mol. The predicted octanol–water partition coefficient (Wildman–Crippen LogP) is 3.42. The van der Waals surface area contributed by atoms with Crippen molar-refractivity contribution in [1.29, 1.82) is 0 Å². The summed E-state index contributed by atoms with van der Waals surface area (Å²) >= 11 is 0. The van der Waals surface area contributed by atoms with Gasteiger partial charge in [-0.25, -0.2) is 4.68 Å². The third-order valence-electron chi connectivity index (χ3n) is 4.68. The van der Waals surface area contributed by atoms with Gasteiger partial charge in [0.1, 0.15) is 11.4 Å². The van der Waals surface area contributed by atoms with E-state index in [2.05, 4.69) is 22.7 Å². The summed E-state index contributed by atoms with van der Waals surface area (Å²) in [6.07, 6.45) is 3.46. The van der Waals surface area contributed by atoms with Crippen LogP contribution in [0.1, 0.15) is 30.3 Å². The van der Waals surface area contributed by atoms with Crippen molar-refractivity contribution in [3.05, 3.63) is 60.5 Å². The Morgan fingerprint density at radius 1 is 1.26 bits per heavy atom. The fourth-order valence-corrected chi connectivity index (χ4v) is 3.38. The van der Waals surface area contributed by atoms with Gasteiger partial charge in [0.15, 0.2) is 5.76 Å². The number of amides is 1. The lowest BCUT2D eigenvalue weighted by molar-refractivity contribution is 0.0917. The first-order chi connectivity index (χ1) is 12.7. The molecule has 0 bridgehead atoms. The Balaban J connectivity index is 0.00000210. The largest absolute Gasteiger partial charge is 0.463 e. The number of nitrogens with zero attached hydrogens (tertiary/aromatic N) is 2. The predicted molar refractivity (Wildman–Crippen MR) is 106 cm³/mol. The molecule has 2 N–H and O–H groups in total. The molecule has 1 aromatic carbocycles. The Bertz CT molecular complexity index is 877. The summed E-state index contributed by atoms with van der Waals surface area (Å²) in [4.78, 5) is 13.0. The van der Waals surface area contributed by atoms with E-state index in [1.165, 1.54) is 0 Å². The van der Waals surface area contributed by atoms with Crippen LogP contribution in [0.25, 0.3) is 17.1 Å². The van der Waals surface area contributed by atoms with E-state index in [0.29, 0.717) is 23.2 Å². The second-order valence-corrected chi connectivity index (χ2v) is 6.69. The molecule has 6 nitrogen and oxygen atoms in total. The van der Waals surface area contributed by atoms with E-state index < -0.39 is 0 Å². The number of hydrogen-bond donors (Lipinski definition) is 2. The van der Waals surface area contributed by atoms with Gasteiger partial charge in [-0.05, 0) is 50.6 Å². The maximum Gasteiger partial charge on any atom is 0.270 e. The molecule has 1 aliphatic rings. The number of carbonyl (C=O) groups is 1. The van der Waals surface area contributed by atoms with E-state index >= 15 is 0 Å². The summed E-state index contributed by atoms with van der Waals surface area (Å²) < 4.78 is 7.13. The van der Waals surface area contributed by atoms with Gasteiger partial charge in [-0.15, -0.1) is 12.4 Å². The van der Waals surface area contributed by atoms with Crippen molar-refractivity contribution in [2.24, 2.45) is 0 Å². The summed E-state index contributed by atoms with van der Waals surface area (Å²) in [6.45, 7) is 3.06. The van der Waals surface area contributed by atoms with Gasteiger partial charge < -0.3 is 15.1 Å². The summed E-state index contributed by atoms with van der Waals surface area (Å²) in [6, 6.07) is 15.7. The molecule has 4 rings (SSSR count). The average Bonchev–Trinajstić information content (AvgIpc) is 3.32. The number of nitrogens with one attached hydrogen (secondary N) is 2. The van der Waals surface area contributed by atoms with Crippen LogP contribution in [-0.4, -0.2) is 34.3 Å². The van der Waals surface area contributed by atoms with Crippen LogP contribution in [-0.2, 0) is 0 Å². The molecule has 2 unspecified atom stereocenters. The molecule has 142 valence electrons. The molecule has 0 saturated carbocycles. The zero-order valence-corrected chi connectivity index (χ0v) is 15.9. The number of para-hydroxylation sites is 1. The van der Waals surface area contributed by atoms with Gasteiger partial charge >= 0.3 is 0 Å². The van der Waals surface area contributed by atoms with Crippen LogP contribution in [0.4, 0.5) is 0 Å². The van der Waals surface area contributed by atoms with Crippen molar-refractivity contribution in [3.8, 4) is 17.1 Å². The van der Waals surface area contributed by atoms with E-state index in [9.17, 15) is 4.79 Å². The summed E-state index contributed by atoms with van der Waals surface area (Å²) in [7, 11) is 0. The third kappa shape index (κ3) is 4.23. The summed E-state index contributed by atoms with van der Waals surface area (Å²) in [5, 5.41) is 11.2. The van der Waals surface area contributed by atoms with Gasteiger partial charge in [-0.2, -0.15) is 5.10 Å². The molecule has 0 radical (unpaired) electrons. The number of benzene rings is 1. The standard InChI is InChI=1S/C20H22N4O2.ClH/c1-14-12-15(9-10-21-14)22-20(25)18-13-17(19-8-5-11-26-19)23-24(18)16-6-3-2-4-7-16;/h2-8,11,13-15,21H,9-10,12H2,1H3,(H,22,25);1H. The molecule has 7 heteroatoms. The van der Waals surface area contributed by atoms with Crippen molar-refractivity contribution in [2.75, 3.05) is 6.54 Å². The van der Waals surface area contributed by atoms with Crippen molar-refractivity contribution >= 4 is 18.3 Å². The van der Waals surface area contributed by atoms with E-state index in [1.807, 2.05) is 42.5 Å². The molecule has 3 heterocycles. The van der Waals surface area contributed by atoms with E-state index in [0.717, 1.165) is 25.1 Å². The van der Waals surface area contributed by atoms with Crippen LogP contribution >= 0.6 is 12.4 Å². The molecule has 1 amide bonds. The first-order valence-electron chi connectivity index (χ1n) is 8.94. The van der Waals surface area contributed by atoms with Crippen molar-refractivity contribution in [1.82, 2.24) is 20.4 Å². The first-order valence-corrected chi connectivity index (χ1v) is 8.94. The highest BCUT2D eigenvalue weighted by Gasteiger charge is 2.24. The maximum atomic E-state index is 13.0. The highest BCUT2D eigenvalue weighted by molar-refractivity contribution is 5.94. The molecule has 0 aliphatic carbocycles. The Kier molecular flexibility index (Phi) is 5.98. The van der Waals surface area contributed by atoms with Crippen LogP contribution in [0, 0.1) is 0 Å². The highest BCUT2D eigenvalue weighted by atomic mass is 35.5. The van der Waals surface area contributed by atoms with Gasteiger partial charge in [-0.3, -0.25) is 4.79 Å². The lowest BCUT2D eigenvalue weighted by Crippen LogP contribution is -2.46. The zero-order valence-electron chi connectivity index (χ0n) is 15.1. The van der Waals surface area contributed by atoms with E-state index in [-0.39, 0.29) is 24.4 Å². The summed E-state index contributed by atoms with van der Waals surface area (Å²) in [5.74, 6) is 0.530. The SMILES string of the molecule is CC1CC(NC(=O)c2cc(-c3ccco3)nn2-c2ccccc2)CCN1.Cl. The Labute approximate surface area is 164 Å². The second kappa shape index (κ2) is 8.41. The average molecular weight is 387 g/mol. The molecular formula is C20H23ClN4O2. The van der Waals surface area contributed by atoms with Crippen molar-refractivity contribution in [2.45, 2.75) is 31.8 Å². The molecule has 2 aromatic heterocycles. The number of furan rings is 1. The number of halogens is 1. The van der Waals surface area contributed by atoms with Gasteiger partial charge in [0.2, 0.25) is 0 Å². The van der Waals surface area contributed by atoms with Crippen molar-refractivity contribution < 1.29 is 9.21 Å². The molecule has 2 atom stereocenters. The maximum absolute atomic E-state index is 13.0. The van der Waals surface area contributed by atoms with Gasteiger partial charge in [0, 0.05) is 18.2 Å². The molecule has 1 aliphatic heterocycles. The normalized spacial score (nSPS) is 19.3. The van der Waals surface area contributed by atoms with Gasteiger partial charge in [-0.1, -0.05) is 18.2 Å². The zero-order chi connectivity index (χ0) is 17.9. The minimum absolute atomic E-state index is 0. The third-order valence-corrected chi connectivity index (χ3v) is 4.68. The Morgan fingerprint density at radius 3 is 2.78 bits per heavy atom. The van der Waals surface area contributed by atoms with Crippen LogP contribution in [0.5, 0.6) is 0 Å². The lowest BCUT2D eigenvalue weighted by Gasteiger charge is -2.28. The lowest BCUT2D eigenvalue weighted by atomic mass is 10.0. The molecule has 27 heavy (non-hydrogen) atoms. The summed E-state index contributed by atoms with van der Waals surface area (Å²) in [5.41, 5.74) is 1.99. The van der Waals surface area contributed by atoms with Crippen molar-refractivity contribution in [3.63, 3.8) is 0 Å². The Morgan fingerprint density at radius 2 is 2.07 bits per heavy atom. The minimum atomic E-state index is -0.113. The molecule has 0 spiro atoms. The van der Waals surface area contributed by atoms with Crippen LogP contribution < -0.4 is 10.6 Å². The number of carbonyl (C=O) groups excluding carboxylic acids is 1. The van der Waals surface area contributed by atoms with Crippen LogP contribution in [0.15, 0.2) is 59.2 Å². The fraction of sp³-hybridized carbons (Fsp3) is 0.300. The molecule has 1 fully saturated rings. The molecule has 3 aromatic rings. The fourth-order valence-electron chi connectivity index (χ4n) is 3.38. The Hall–Kier alpha value is -2.57. The number of piperidine rings is 1. The quantitative estimate of drug-likeness (QED) is 0.720. The van der Waals surface area contributed by atoms with Crippen LogP contribution in [0.3, 0.4) is 0 Å². The van der Waals surface area contributed by atoms with Gasteiger partial charge in [0.05, 0.1) is 12.0 Å². The van der Waals surface area contributed by atoms with E-state index in [4.69, 9.17) is 4.42 Å². The molecule has 1 saturated heterocycles. The first kappa shape index (κ1) is 19.2. The minimum Gasteiger partial charge on any atom is -0.463 e. The highest BCUT2D eigenvalue weighted by Crippen LogP contribution is 2.22. The number of hydrogen-bond acceptors (Lipinski definition) is 4. The number of rotatable bonds is 4. The van der Waals surface area contributed by atoms with Crippen LogP contribution in [0.2, 0.25) is 0 Å². The topological polar surface area (TPSA) is 72.1 Å². The number of aromatic nitrogens is 2. The van der Waals surface area contributed by atoms with Gasteiger partial charge in [0.25, 0.3) is 5.91 Å². The second-order valence-electron chi connectivity index (χ2n) is 6.69. The monoisotopic (exact) mass is 386 g/mol. The smallest absolute Gasteiger partial charge is 0.270 e.